The smallest absolute Gasteiger partial charge is 0.352 e. The van der Waals surface area contributed by atoms with Crippen LogP contribution in [0.5, 0.6) is 0 Å². The number of hydrogen-bond acceptors (Lipinski definition) is 3. The van der Waals surface area contributed by atoms with Crippen LogP contribution >= 0.6 is 0 Å². The maximum atomic E-state index is 14.1. The van der Waals surface area contributed by atoms with Gasteiger partial charge in [-0.2, -0.15) is 13.2 Å². The Balaban J connectivity index is 1.89. The summed E-state index contributed by atoms with van der Waals surface area (Å²) in [7, 11) is 0. The Morgan fingerprint density at radius 2 is 1.97 bits per heavy atom. The number of carbonyl (C=O) groups excluding carboxylic acids is 1. The van der Waals surface area contributed by atoms with Gasteiger partial charge in [-0.15, -0.1) is 0 Å². The van der Waals surface area contributed by atoms with Crippen molar-refractivity contribution in [1.29, 1.82) is 0 Å². The third kappa shape index (κ3) is 4.70. The summed E-state index contributed by atoms with van der Waals surface area (Å²) in [5, 5.41) is 4.62. The molecule has 2 heterocycles. The van der Waals surface area contributed by atoms with Crippen molar-refractivity contribution in [1.82, 2.24) is 15.6 Å². The molecule has 4 atom stereocenters. The minimum absolute atomic E-state index is 0.0689. The molecule has 0 spiro atoms. The molecule has 1 aliphatic rings. The monoisotopic (exact) mass is 449 g/mol. The number of H-pyrrole nitrogens is 1. The van der Waals surface area contributed by atoms with Crippen molar-refractivity contribution in [3.05, 3.63) is 45.0 Å². The number of aryl methyl sites for hydroxylation is 1. The van der Waals surface area contributed by atoms with Crippen LogP contribution in [-0.2, 0) is 17.4 Å². The molecule has 1 aromatic carbocycles. The Morgan fingerprint density at radius 1 is 1.29 bits per heavy atom. The predicted octanol–water partition coefficient (Wildman–Crippen LogP) is 3.08. The van der Waals surface area contributed by atoms with Crippen LogP contribution in [0.4, 0.5) is 26.3 Å². The van der Waals surface area contributed by atoms with Crippen molar-refractivity contribution in [3.8, 4) is 0 Å². The van der Waals surface area contributed by atoms with Crippen molar-refractivity contribution in [2.45, 2.75) is 57.3 Å². The first-order valence-electron chi connectivity index (χ1n) is 9.62. The van der Waals surface area contributed by atoms with Crippen LogP contribution in [0, 0.1) is 12.7 Å². The topological polar surface area (TPSA) is 74.0 Å². The lowest BCUT2D eigenvalue weighted by molar-refractivity contribution is -0.138. The highest BCUT2D eigenvalue weighted by Crippen LogP contribution is 2.37. The molecule has 3 rings (SSSR count). The molecular weight excluding hydrogens is 428 g/mol. The molecule has 1 amide bonds. The molecule has 0 saturated carbocycles. The predicted molar refractivity (Wildman–Crippen MR) is 102 cm³/mol. The van der Waals surface area contributed by atoms with E-state index < -0.39 is 65.3 Å². The van der Waals surface area contributed by atoms with E-state index in [-0.39, 0.29) is 29.6 Å². The van der Waals surface area contributed by atoms with E-state index in [4.69, 9.17) is 0 Å². The molecule has 1 fully saturated rings. The van der Waals surface area contributed by atoms with Gasteiger partial charge in [0.2, 0.25) is 5.91 Å². The second-order valence-electron chi connectivity index (χ2n) is 7.72. The SMILES string of the molecule is Cc1c(CC(=O)N[C@@H](C)C2NCC(F)CC2F)c(=O)[nH]c2ccc(F)c(C(F)(F)F)c12. The van der Waals surface area contributed by atoms with Gasteiger partial charge in [0.1, 0.15) is 23.7 Å². The summed E-state index contributed by atoms with van der Waals surface area (Å²) in [6.45, 7) is 2.63. The highest BCUT2D eigenvalue weighted by atomic mass is 19.4. The highest BCUT2D eigenvalue weighted by molar-refractivity contribution is 5.89. The Kier molecular flexibility index (Phi) is 6.35. The summed E-state index contributed by atoms with van der Waals surface area (Å²) in [5.41, 5.74) is -2.95. The standard InChI is InChI=1S/C20H21F6N3O2/c1-8-11(6-15(30)28-9(2)18-13(23)5-10(21)7-27-18)19(31)29-14-4-3-12(22)17(16(8)14)20(24,25)26/h3-4,9-10,13,18,27H,5-7H2,1-2H3,(H,28,30)(H,29,31)/t9-,10?,13?,18?/m0/s1. The third-order valence-corrected chi connectivity index (χ3v) is 5.50. The Labute approximate surface area is 173 Å². The van der Waals surface area contributed by atoms with Gasteiger partial charge < -0.3 is 15.6 Å². The van der Waals surface area contributed by atoms with Crippen LogP contribution in [0.15, 0.2) is 16.9 Å². The van der Waals surface area contributed by atoms with Gasteiger partial charge in [-0.25, -0.2) is 13.2 Å². The molecule has 2 aromatic rings. The van der Waals surface area contributed by atoms with Crippen LogP contribution in [0.1, 0.15) is 30.0 Å². The number of halogens is 6. The van der Waals surface area contributed by atoms with Gasteiger partial charge in [0, 0.05) is 35.5 Å². The first-order chi connectivity index (χ1) is 14.4. The van der Waals surface area contributed by atoms with Crippen molar-refractivity contribution < 1.29 is 31.1 Å². The number of alkyl halides is 5. The molecule has 0 radical (unpaired) electrons. The second kappa shape index (κ2) is 8.52. The van der Waals surface area contributed by atoms with Gasteiger partial charge in [0.15, 0.2) is 0 Å². The number of nitrogens with one attached hydrogen (secondary N) is 3. The van der Waals surface area contributed by atoms with Gasteiger partial charge in [0.05, 0.1) is 12.5 Å². The van der Waals surface area contributed by atoms with E-state index in [2.05, 4.69) is 15.6 Å². The van der Waals surface area contributed by atoms with E-state index in [0.29, 0.717) is 6.07 Å². The maximum Gasteiger partial charge on any atom is 0.419 e. The van der Waals surface area contributed by atoms with Crippen LogP contribution in [-0.4, -0.2) is 41.9 Å². The van der Waals surface area contributed by atoms with Crippen LogP contribution in [0.25, 0.3) is 10.9 Å². The lowest BCUT2D eigenvalue weighted by Crippen LogP contribution is -2.58. The number of carbonyl (C=O) groups is 1. The van der Waals surface area contributed by atoms with Gasteiger partial charge in [0.25, 0.3) is 5.56 Å². The summed E-state index contributed by atoms with van der Waals surface area (Å²) in [6.07, 6.45) is -8.80. The fraction of sp³-hybridized carbons (Fsp3) is 0.500. The average molecular weight is 449 g/mol. The van der Waals surface area contributed by atoms with Gasteiger partial charge in [-0.3, -0.25) is 9.59 Å². The number of aromatic amines is 1. The molecule has 0 bridgehead atoms. The fourth-order valence-corrected chi connectivity index (χ4v) is 3.99. The molecule has 170 valence electrons. The summed E-state index contributed by atoms with van der Waals surface area (Å²) in [6, 6.07) is 0.0196. The van der Waals surface area contributed by atoms with Crippen LogP contribution in [0.3, 0.4) is 0 Å². The quantitative estimate of drug-likeness (QED) is 0.629. The van der Waals surface area contributed by atoms with E-state index in [1.807, 2.05) is 0 Å². The lowest BCUT2D eigenvalue weighted by Gasteiger charge is -2.34. The van der Waals surface area contributed by atoms with Crippen molar-refractivity contribution in [2.24, 2.45) is 0 Å². The Hall–Kier alpha value is -2.56. The maximum absolute atomic E-state index is 14.1. The fourth-order valence-electron chi connectivity index (χ4n) is 3.99. The number of rotatable bonds is 4. The molecule has 5 nitrogen and oxygen atoms in total. The van der Waals surface area contributed by atoms with Gasteiger partial charge in [-0.05, 0) is 31.5 Å². The number of aromatic nitrogens is 1. The Morgan fingerprint density at radius 3 is 2.58 bits per heavy atom. The summed E-state index contributed by atoms with van der Waals surface area (Å²) in [4.78, 5) is 27.1. The number of fused-ring (bicyclic) bond motifs is 1. The summed E-state index contributed by atoms with van der Waals surface area (Å²) >= 11 is 0. The molecule has 0 aliphatic carbocycles. The number of amides is 1. The zero-order chi connectivity index (χ0) is 23.1. The third-order valence-electron chi connectivity index (χ3n) is 5.50. The lowest BCUT2D eigenvalue weighted by atomic mass is 9.95. The Bertz CT molecular complexity index is 1050. The second-order valence-corrected chi connectivity index (χ2v) is 7.72. The number of hydrogen-bond donors (Lipinski definition) is 3. The largest absolute Gasteiger partial charge is 0.419 e. The van der Waals surface area contributed by atoms with Crippen LogP contribution in [0.2, 0.25) is 0 Å². The number of pyridine rings is 1. The molecule has 1 aliphatic heterocycles. The van der Waals surface area contributed by atoms with Gasteiger partial charge >= 0.3 is 6.18 Å². The molecule has 31 heavy (non-hydrogen) atoms. The molecule has 3 unspecified atom stereocenters. The minimum atomic E-state index is -5.02. The highest BCUT2D eigenvalue weighted by Gasteiger charge is 2.38. The summed E-state index contributed by atoms with van der Waals surface area (Å²) in [5.74, 6) is -2.23. The molecular formula is C20H21F6N3O2. The molecule has 11 heteroatoms. The first kappa shape index (κ1) is 23.1. The molecule has 3 N–H and O–H groups in total. The molecule has 1 aromatic heterocycles. The number of benzene rings is 1. The van der Waals surface area contributed by atoms with Crippen molar-refractivity contribution in [3.63, 3.8) is 0 Å². The van der Waals surface area contributed by atoms with Crippen molar-refractivity contribution >= 4 is 16.8 Å². The normalized spacial score (nSPS) is 23.0. The van der Waals surface area contributed by atoms with Gasteiger partial charge in [-0.1, -0.05) is 0 Å². The van der Waals surface area contributed by atoms with E-state index in [0.717, 1.165) is 6.07 Å². The minimum Gasteiger partial charge on any atom is -0.352 e. The first-order valence-corrected chi connectivity index (χ1v) is 9.62. The van der Waals surface area contributed by atoms with Crippen molar-refractivity contribution in [2.75, 3.05) is 6.54 Å². The zero-order valence-electron chi connectivity index (χ0n) is 16.7. The van der Waals surface area contributed by atoms with E-state index in [9.17, 15) is 35.9 Å². The number of piperidine rings is 1. The van der Waals surface area contributed by atoms with E-state index in [1.54, 1.807) is 0 Å². The zero-order valence-corrected chi connectivity index (χ0v) is 16.7. The molecule has 1 saturated heterocycles. The van der Waals surface area contributed by atoms with E-state index in [1.165, 1.54) is 13.8 Å². The van der Waals surface area contributed by atoms with Crippen LogP contribution < -0.4 is 16.2 Å². The van der Waals surface area contributed by atoms with E-state index >= 15 is 0 Å². The average Bonchev–Trinajstić information content (AvgIpc) is 2.64. The summed E-state index contributed by atoms with van der Waals surface area (Å²) < 4.78 is 81.5.